The van der Waals surface area contributed by atoms with Crippen molar-refractivity contribution in [2.45, 2.75) is 6.92 Å². The van der Waals surface area contributed by atoms with Crippen LogP contribution in [0.5, 0.6) is 0 Å². The lowest BCUT2D eigenvalue weighted by atomic mass is 10.1. The third kappa shape index (κ3) is 3.54. The molecule has 0 radical (unpaired) electrons. The zero-order valence-electron chi connectivity index (χ0n) is 10.1. The van der Waals surface area contributed by atoms with Crippen molar-refractivity contribution in [1.29, 1.82) is 5.26 Å². The Morgan fingerprint density at radius 3 is 2.84 bits per heavy atom. The maximum Gasteiger partial charge on any atom is 0.348 e. The number of nitrogens with two attached hydrogens (primary N) is 1. The van der Waals surface area contributed by atoms with Crippen molar-refractivity contribution >= 4 is 23.4 Å². The fourth-order valence-electron chi connectivity index (χ4n) is 1.32. The van der Waals surface area contributed by atoms with Gasteiger partial charge in [-0.2, -0.15) is 5.26 Å². The van der Waals surface area contributed by atoms with Gasteiger partial charge < -0.3 is 10.5 Å². The van der Waals surface area contributed by atoms with Crippen LogP contribution in [0, 0.1) is 21.4 Å². The molecule has 0 saturated heterocycles. The van der Waals surface area contributed by atoms with Gasteiger partial charge in [0.15, 0.2) is 0 Å². The molecule has 0 fully saturated rings. The summed E-state index contributed by atoms with van der Waals surface area (Å²) in [6.45, 7) is 1.75. The molecule has 0 heterocycles. The van der Waals surface area contributed by atoms with Crippen molar-refractivity contribution in [2.24, 2.45) is 0 Å². The zero-order chi connectivity index (χ0) is 14.4. The standard InChI is InChI=1S/C12H11N3O4/c1-2-19-12(16)9(7-13)5-8-3-4-10(14)11(6-8)15(17)18/h3-6H,2,14H2,1H3/b9-5+. The van der Waals surface area contributed by atoms with Crippen LogP contribution in [-0.2, 0) is 9.53 Å². The second-order valence-corrected chi connectivity index (χ2v) is 3.47. The van der Waals surface area contributed by atoms with Crippen LogP contribution in [-0.4, -0.2) is 17.5 Å². The van der Waals surface area contributed by atoms with E-state index in [1.54, 1.807) is 13.0 Å². The second-order valence-electron chi connectivity index (χ2n) is 3.47. The summed E-state index contributed by atoms with van der Waals surface area (Å²) in [5.74, 6) is -0.774. The topological polar surface area (TPSA) is 119 Å². The van der Waals surface area contributed by atoms with Gasteiger partial charge in [-0.25, -0.2) is 4.79 Å². The highest BCUT2D eigenvalue weighted by molar-refractivity contribution is 5.98. The highest BCUT2D eigenvalue weighted by atomic mass is 16.6. The molecule has 1 rings (SSSR count). The molecule has 0 unspecified atom stereocenters. The summed E-state index contributed by atoms with van der Waals surface area (Å²) in [6, 6.07) is 5.68. The summed E-state index contributed by atoms with van der Waals surface area (Å²) < 4.78 is 4.68. The average molecular weight is 261 g/mol. The number of nitro groups is 1. The molecule has 0 aliphatic carbocycles. The number of hydrogen-bond donors (Lipinski definition) is 1. The van der Waals surface area contributed by atoms with Gasteiger partial charge in [0.1, 0.15) is 17.3 Å². The van der Waals surface area contributed by atoms with E-state index in [2.05, 4.69) is 4.74 Å². The van der Waals surface area contributed by atoms with Crippen LogP contribution < -0.4 is 5.73 Å². The van der Waals surface area contributed by atoms with Gasteiger partial charge in [-0.1, -0.05) is 6.07 Å². The predicted octanol–water partition coefficient (Wildman–Crippen LogP) is 1.65. The number of benzene rings is 1. The lowest BCUT2D eigenvalue weighted by molar-refractivity contribution is -0.383. The van der Waals surface area contributed by atoms with Crippen LogP contribution in [0.4, 0.5) is 11.4 Å². The number of rotatable bonds is 4. The Hall–Kier alpha value is -2.88. The van der Waals surface area contributed by atoms with E-state index < -0.39 is 10.9 Å². The number of nitriles is 1. The molecule has 7 heteroatoms. The molecular weight excluding hydrogens is 250 g/mol. The number of carbonyl (C=O) groups is 1. The minimum absolute atomic E-state index is 0.0109. The number of carbonyl (C=O) groups excluding carboxylic acids is 1. The van der Waals surface area contributed by atoms with Crippen LogP contribution in [0.2, 0.25) is 0 Å². The van der Waals surface area contributed by atoms with E-state index in [0.29, 0.717) is 5.56 Å². The fraction of sp³-hybridized carbons (Fsp3) is 0.167. The molecular formula is C12H11N3O4. The smallest absolute Gasteiger partial charge is 0.348 e. The van der Waals surface area contributed by atoms with Crippen molar-refractivity contribution in [3.05, 3.63) is 39.4 Å². The van der Waals surface area contributed by atoms with Gasteiger partial charge in [0.05, 0.1) is 11.5 Å². The van der Waals surface area contributed by atoms with Crippen LogP contribution in [0.1, 0.15) is 12.5 Å². The molecule has 7 nitrogen and oxygen atoms in total. The average Bonchev–Trinajstić information content (AvgIpc) is 2.37. The second kappa shape index (κ2) is 6.16. The SMILES string of the molecule is CCOC(=O)/C(C#N)=C/c1ccc(N)c([N+](=O)[O-])c1. The number of ether oxygens (including phenoxy) is 1. The van der Waals surface area contributed by atoms with E-state index in [9.17, 15) is 14.9 Å². The molecule has 0 amide bonds. The van der Waals surface area contributed by atoms with Gasteiger partial charge in [-0.05, 0) is 24.6 Å². The molecule has 0 saturated carbocycles. The predicted molar refractivity (Wildman–Crippen MR) is 67.7 cm³/mol. The summed E-state index contributed by atoms with van der Waals surface area (Å²) in [5.41, 5.74) is 5.26. The molecule has 0 atom stereocenters. The van der Waals surface area contributed by atoms with E-state index in [1.165, 1.54) is 24.3 Å². The zero-order valence-corrected chi connectivity index (χ0v) is 10.1. The molecule has 0 aliphatic rings. The first-order chi connectivity index (χ1) is 8.99. The van der Waals surface area contributed by atoms with Crippen molar-refractivity contribution in [1.82, 2.24) is 0 Å². The number of nitro benzene ring substituents is 1. The van der Waals surface area contributed by atoms with E-state index >= 15 is 0 Å². The maximum atomic E-state index is 11.4. The Bertz CT molecular complexity index is 587. The highest BCUT2D eigenvalue weighted by Crippen LogP contribution is 2.23. The van der Waals surface area contributed by atoms with Crippen LogP contribution in [0.15, 0.2) is 23.8 Å². The molecule has 2 N–H and O–H groups in total. The van der Waals surface area contributed by atoms with E-state index in [4.69, 9.17) is 11.0 Å². The molecule has 1 aromatic carbocycles. The van der Waals surface area contributed by atoms with Crippen molar-refractivity contribution in [3.8, 4) is 6.07 Å². The lowest BCUT2D eigenvalue weighted by Crippen LogP contribution is -2.06. The minimum atomic E-state index is -0.774. The summed E-state index contributed by atoms with van der Waals surface area (Å²) in [7, 11) is 0. The monoisotopic (exact) mass is 261 g/mol. The van der Waals surface area contributed by atoms with Gasteiger partial charge in [-0.3, -0.25) is 10.1 Å². The summed E-state index contributed by atoms with van der Waals surface area (Å²) in [4.78, 5) is 21.5. The molecule has 0 bridgehead atoms. The fourth-order valence-corrected chi connectivity index (χ4v) is 1.32. The third-order valence-corrected chi connectivity index (χ3v) is 2.18. The van der Waals surface area contributed by atoms with Gasteiger partial charge in [0.2, 0.25) is 0 Å². The van der Waals surface area contributed by atoms with Crippen LogP contribution >= 0.6 is 0 Å². The number of hydrogen-bond acceptors (Lipinski definition) is 6. The number of nitrogens with zero attached hydrogens (tertiary/aromatic N) is 2. The van der Waals surface area contributed by atoms with Gasteiger partial charge in [0, 0.05) is 6.07 Å². The molecule has 98 valence electrons. The van der Waals surface area contributed by atoms with Crippen molar-refractivity contribution < 1.29 is 14.5 Å². The molecule has 0 aliphatic heterocycles. The maximum absolute atomic E-state index is 11.4. The summed E-state index contributed by atoms with van der Waals surface area (Å²) in [5, 5.41) is 19.6. The Morgan fingerprint density at radius 1 is 1.63 bits per heavy atom. The van der Waals surface area contributed by atoms with E-state index in [0.717, 1.165) is 0 Å². The van der Waals surface area contributed by atoms with Crippen molar-refractivity contribution in [2.75, 3.05) is 12.3 Å². The van der Waals surface area contributed by atoms with Crippen LogP contribution in [0.25, 0.3) is 6.08 Å². The first-order valence-electron chi connectivity index (χ1n) is 5.32. The first kappa shape index (κ1) is 14.2. The quantitative estimate of drug-likeness (QED) is 0.220. The Balaban J connectivity index is 3.17. The molecule has 0 aromatic heterocycles. The molecule has 19 heavy (non-hydrogen) atoms. The summed E-state index contributed by atoms with van der Waals surface area (Å²) in [6.07, 6.45) is 1.21. The van der Waals surface area contributed by atoms with Crippen LogP contribution in [0.3, 0.4) is 0 Å². The Morgan fingerprint density at radius 2 is 2.32 bits per heavy atom. The number of esters is 1. The third-order valence-electron chi connectivity index (χ3n) is 2.18. The Labute approximate surface area is 109 Å². The van der Waals surface area contributed by atoms with E-state index in [-0.39, 0.29) is 23.6 Å². The van der Waals surface area contributed by atoms with E-state index in [1.807, 2.05) is 0 Å². The Kier molecular flexibility index (Phi) is 4.60. The van der Waals surface area contributed by atoms with Gasteiger partial charge in [0.25, 0.3) is 5.69 Å². The molecule has 1 aromatic rings. The number of nitrogen functional groups attached to an aromatic ring is 1. The first-order valence-corrected chi connectivity index (χ1v) is 5.32. The number of anilines is 1. The largest absolute Gasteiger partial charge is 0.462 e. The summed E-state index contributed by atoms with van der Waals surface area (Å²) >= 11 is 0. The normalized spacial score (nSPS) is 10.6. The van der Waals surface area contributed by atoms with Gasteiger partial charge in [-0.15, -0.1) is 0 Å². The molecule has 0 spiro atoms. The van der Waals surface area contributed by atoms with Crippen molar-refractivity contribution in [3.63, 3.8) is 0 Å². The van der Waals surface area contributed by atoms with Gasteiger partial charge >= 0.3 is 5.97 Å². The lowest BCUT2D eigenvalue weighted by Gasteiger charge is -2.01. The minimum Gasteiger partial charge on any atom is -0.462 e. The highest BCUT2D eigenvalue weighted by Gasteiger charge is 2.14.